The number of ether oxygens (including phenoxy) is 1. The van der Waals surface area contributed by atoms with E-state index < -0.39 is 18.5 Å². The number of para-hydroxylation sites is 1. The van der Waals surface area contributed by atoms with Crippen molar-refractivity contribution in [3.8, 4) is 0 Å². The van der Waals surface area contributed by atoms with Crippen LogP contribution in [0.3, 0.4) is 0 Å². The maximum atomic E-state index is 12.2. The molecule has 1 aromatic heterocycles. The van der Waals surface area contributed by atoms with Gasteiger partial charge in [-0.1, -0.05) is 23.7 Å². The molecule has 1 fully saturated rings. The van der Waals surface area contributed by atoms with E-state index in [1.807, 2.05) is 0 Å². The molecular weight excluding hydrogens is 358 g/mol. The monoisotopic (exact) mass is 373 g/mol. The minimum atomic E-state index is -0.691. The summed E-state index contributed by atoms with van der Waals surface area (Å²) >= 11 is 5.65. The first-order valence-electron chi connectivity index (χ1n) is 8.01. The molecule has 0 unspecified atom stereocenters. The zero-order chi connectivity index (χ0) is 18.5. The molecule has 1 saturated carbocycles. The first kappa shape index (κ1) is 17.9. The molecule has 1 aliphatic carbocycles. The van der Waals surface area contributed by atoms with Crippen LogP contribution in [-0.2, 0) is 9.53 Å². The number of hydrogen-bond acceptors (Lipinski definition) is 5. The SMILES string of the molecule is O=C(COC(=O)c1ccc(Cl)nc1)Nc1ccccc1C(=O)NC1CC1. The third-order valence-electron chi connectivity index (χ3n) is 3.66. The molecule has 7 nitrogen and oxygen atoms in total. The van der Waals surface area contributed by atoms with Crippen LogP contribution in [0.2, 0.25) is 5.15 Å². The van der Waals surface area contributed by atoms with E-state index in [0.29, 0.717) is 11.3 Å². The van der Waals surface area contributed by atoms with Crippen molar-refractivity contribution in [1.82, 2.24) is 10.3 Å². The maximum Gasteiger partial charge on any atom is 0.340 e. The second-order valence-electron chi connectivity index (χ2n) is 5.79. The zero-order valence-electron chi connectivity index (χ0n) is 13.7. The lowest BCUT2D eigenvalue weighted by Crippen LogP contribution is -2.28. The van der Waals surface area contributed by atoms with Gasteiger partial charge in [-0.3, -0.25) is 9.59 Å². The van der Waals surface area contributed by atoms with E-state index >= 15 is 0 Å². The molecule has 0 aliphatic heterocycles. The average Bonchev–Trinajstić information content (AvgIpc) is 3.44. The van der Waals surface area contributed by atoms with Crippen LogP contribution in [0.1, 0.15) is 33.6 Å². The molecule has 0 radical (unpaired) electrons. The fourth-order valence-corrected chi connectivity index (χ4v) is 2.29. The third kappa shape index (κ3) is 4.80. The minimum absolute atomic E-state index is 0.186. The Balaban J connectivity index is 1.57. The highest BCUT2D eigenvalue weighted by Crippen LogP contribution is 2.21. The van der Waals surface area contributed by atoms with Gasteiger partial charge in [0.1, 0.15) is 5.15 Å². The molecule has 0 atom stereocenters. The van der Waals surface area contributed by atoms with Gasteiger partial charge in [0, 0.05) is 12.2 Å². The van der Waals surface area contributed by atoms with Gasteiger partial charge in [-0.2, -0.15) is 0 Å². The zero-order valence-corrected chi connectivity index (χ0v) is 14.5. The number of esters is 1. The average molecular weight is 374 g/mol. The Morgan fingerprint density at radius 2 is 1.92 bits per heavy atom. The molecule has 1 aromatic carbocycles. The maximum absolute atomic E-state index is 12.2. The molecule has 1 aliphatic rings. The van der Waals surface area contributed by atoms with Crippen LogP contribution in [0.15, 0.2) is 42.6 Å². The lowest BCUT2D eigenvalue weighted by atomic mass is 10.1. The molecule has 2 N–H and O–H groups in total. The van der Waals surface area contributed by atoms with Crippen molar-refractivity contribution in [3.05, 3.63) is 58.9 Å². The quantitative estimate of drug-likeness (QED) is 0.598. The Hall–Kier alpha value is -2.93. The highest BCUT2D eigenvalue weighted by molar-refractivity contribution is 6.29. The number of anilines is 1. The van der Waals surface area contributed by atoms with Crippen LogP contribution < -0.4 is 10.6 Å². The molecular formula is C18H16ClN3O4. The fraction of sp³-hybridized carbons (Fsp3) is 0.222. The molecule has 0 bridgehead atoms. The number of benzene rings is 1. The molecule has 2 amide bonds. The van der Waals surface area contributed by atoms with Crippen LogP contribution >= 0.6 is 11.6 Å². The summed E-state index contributed by atoms with van der Waals surface area (Å²) in [6.07, 6.45) is 3.20. The van der Waals surface area contributed by atoms with Crippen molar-refractivity contribution in [3.63, 3.8) is 0 Å². The number of hydrogen-bond donors (Lipinski definition) is 2. The molecule has 134 valence electrons. The number of rotatable bonds is 6. The van der Waals surface area contributed by atoms with Crippen molar-refractivity contribution in [2.24, 2.45) is 0 Å². The highest BCUT2D eigenvalue weighted by atomic mass is 35.5. The summed E-state index contributed by atoms with van der Waals surface area (Å²) in [7, 11) is 0. The normalized spacial score (nSPS) is 13.0. The summed E-state index contributed by atoms with van der Waals surface area (Å²) in [6, 6.07) is 9.77. The first-order chi connectivity index (χ1) is 12.5. The van der Waals surface area contributed by atoms with Gasteiger partial charge in [-0.15, -0.1) is 0 Å². The third-order valence-corrected chi connectivity index (χ3v) is 3.88. The molecule has 26 heavy (non-hydrogen) atoms. The second-order valence-corrected chi connectivity index (χ2v) is 6.17. The van der Waals surface area contributed by atoms with E-state index in [2.05, 4.69) is 15.6 Å². The fourth-order valence-electron chi connectivity index (χ4n) is 2.18. The van der Waals surface area contributed by atoms with Gasteiger partial charge < -0.3 is 15.4 Å². The van der Waals surface area contributed by atoms with E-state index in [-0.39, 0.29) is 22.7 Å². The molecule has 0 spiro atoms. The van der Waals surface area contributed by atoms with Crippen LogP contribution in [-0.4, -0.2) is 35.4 Å². The molecule has 1 heterocycles. The van der Waals surface area contributed by atoms with Crippen molar-refractivity contribution in [2.45, 2.75) is 18.9 Å². The second kappa shape index (κ2) is 7.97. The number of nitrogens with one attached hydrogen (secondary N) is 2. The van der Waals surface area contributed by atoms with E-state index in [4.69, 9.17) is 16.3 Å². The van der Waals surface area contributed by atoms with Crippen molar-refractivity contribution in [2.75, 3.05) is 11.9 Å². The lowest BCUT2D eigenvalue weighted by molar-refractivity contribution is -0.119. The molecule has 8 heteroatoms. The summed E-state index contributed by atoms with van der Waals surface area (Å²) in [5.74, 6) is -1.48. The smallest absolute Gasteiger partial charge is 0.340 e. The Bertz CT molecular complexity index is 835. The number of carbonyl (C=O) groups is 3. The van der Waals surface area contributed by atoms with Gasteiger partial charge >= 0.3 is 5.97 Å². The number of amides is 2. The van der Waals surface area contributed by atoms with Crippen molar-refractivity contribution < 1.29 is 19.1 Å². The predicted molar refractivity (Wildman–Crippen MR) is 95.1 cm³/mol. The summed E-state index contributed by atoms with van der Waals surface area (Å²) < 4.78 is 4.94. The number of nitrogens with zero attached hydrogens (tertiary/aromatic N) is 1. The van der Waals surface area contributed by atoms with Crippen LogP contribution in [0.4, 0.5) is 5.69 Å². The van der Waals surface area contributed by atoms with Gasteiger partial charge in [0.15, 0.2) is 6.61 Å². The number of carbonyl (C=O) groups excluding carboxylic acids is 3. The van der Waals surface area contributed by atoms with Crippen molar-refractivity contribution >= 4 is 35.1 Å². The summed E-state index contributed by atoms with van der Waals surface area (Å²) in [6.45, 7) is -0.486. The summed E-state index contributed by atoms with van der Waals surface area (Å²) in [5, 5.41) is 5.70. The van der Waals surface area contributed by atoms with E-state index in [0.717, 1.165) is 12.8 Å². The Kier molecular flexibility index (Phi) is 5.48. The Labute approximate surface area is 154 Å². The highest BCUT2D eigenvalue weighted by Gasteiger charge is 2.25. The van der Waals surface area contributed by atoms with Gasteiger partial charge in [0.25, 0.3) is 11.8 Å². The summed E-state index contributed by atoms with van der Waals surface area (Å²) in [4.78, 5) is 39.9. The molecule has 3 rings (SSSR count). The lowest BCUT2D eigenvalue weighted by Gasteiger charge is -2.11. The van der Waals surface area contributed by atoms with Gasteiger partial charge in [0.2, 0.25) is 0 Å². The van der Waals surface area contributed by atoms with Crippen LogP contribution in [0.25, 0.3) is 0 Å². The van der Waals surface area contributed by atoms with E-state index in [9.17, 15) is 14.4 Å². The molecule has 2 aromatic rings. The first-order valence-corrected chi connectivity index (χ1v) is 8.39. The predicted octanol–water partition coefficient (Wildman–Crippen LogP) is 2.42. The number of halogens is 1. The summed E-state index contributed by atoms with van der Waals surface area (Å²) in [5.41, 5.74) is 0.909. The largest absolute Gasteiger partial charge is 0.452 e. The molecule has 0 saturated heterocycles. The van der Waals surface area contributed by atoms with Gasteiger partial charge in [0.05, 0.1) is 16.8 Å². The number of pyridine rings is 1. The topological polar surface area (TPSA) is 97.4 Å². The van der Waals surface area contributed by atoms with Crippen LogP contribution in [0, 0.1) is 0 Å². The van der Waals surface area contributed by atoms with Gasteiger partial charge in [-0.05, 0) is 37.1 Å². The van der Waals surface area contributed by atoms with Crippen LogP contribution in [0.5, 0.6) is 0 Å². The van der Waals surface area contributed by atoms with E-state index in [1.165, 1.54) is 18.3 Å². The van der Waals surface area contributed by atoms with Gasteiger partial charge in [-0.25, -0.2) is 9.78 Å². The number of aromatic nitrogens is 1. The Morgan fingerprint density at radius 3 is 2.62 bits per heavy atom. The standard InChI is InChI=1S/C18H16ClN3O4/c19-15-8-5-11(9-20-15)18(25)26-10-16(23)22-14-4-2-1-3-13(14)17(24)21-12-6-7-12/h1-5,8-9,12H,6-7,10H2,(H,21,24)(H,22,23). The van der Waals surface area contributed by atoms with Crippen molar-refractivity contribution in [1.29, 1.82) is 0 Å². The Morgan fingerprint density at radius 1 is 1.15 bits per heavy atom. The van der Waals surface area contributed by atoms with E-state index in [1.54, 1.807) is 24.3 Å². The minimum Gasteiger partial charge on any atom is -0.452 e.